The van der Waals surface area contributed by atoms with Gasteiger partial charge in [-0.1, -0.05) is 24.3 Å². The van der Waals surface area contributed by atoms with Crippen LogP contribution in [0.2, 0.25) is 0 Å². The van der Waals surface area contributed by atoms with E-state index in [1.165, 1.54) is 18.3 Å². The quantitative estimate of drug-likeness (QED) is 0.425. The lowest BCUT2D eigenvalue weighted by Gasteiger charge is -2.45. The van der Waals surface area contributed by atoms with Crippen molar-refractivity contribution in [3.05, 3.63) is 89.1 Å². The van der Waals surface area contributed by atoms with Crippen LogP contribution in [0.3, 0.4) is 0 Å². The van der Waals surface area contributed by atoms with Gasteiger partial charge in [-0.15, -0.1) is 0 Å². The SMILES string of the molecule is N#Cc1ccnc(N2C(=O)CC[C@H]2C(=O)N(c2cc(F)cc(F)c2)[C@]2(C(=O)NC3CC(F)(F)C3)CCc3ccccc32)c1. The topological polar surface area (TPSA) is 106 Å². The summed E-state index contributed by atoms with van der Waals surface area (Å²) in [6.07, 6.45) is 0.401. The highest BCUT2D eigenvalue weighted by Gasteiger charge is 2.57. The average molecular weight is 592 g/mol. The van der Waals surface area contributed by atoms with Crippen molar-refractivity contribution in [1.82, 2.24) is 10.3 Å². The van der Waals surface area contributed by atoms with Crippen LogP contribution < -0.4 is 15.1 Å². The number of nitrogens with zero attached hydrogens (tertiary/aromatic N) is 4. The molecular formula is C31H25F4N5O3. The number of carbonyl (C=O) groups excluding carboxylic acids is 3. The Bertz CT molecular complexity index is 1660. The van der Waals surface area contributed by atoms with Crippen molar-refractivity contribution in [3.8, 4) is 6.07 Å². The van der Waals surface area contributed by atoms with Crippen LogP contribution in [0.1, 0.15) is 48.8 Å². The molecule has 2 heterocycles. The van der Waals surface area contributed by atoms with Crippen LogP contribution in [0.4, 0.5) is 29.1 Å². The van der Waals surface area contributed by atoms with Crippen LogP contribution in [0.25, 0.3) is 0 Å². The second kappa shape index (κ2) is 10.5. The average Bonchev–Trinajstić information content (AvgIpc) is 3.53. The predicted molar refractivity (Wildman–Crippen MR) is 146 cm³/mol. The molecule has 1 saturated carbocycles. The van der Waals surface area contributed by atoms with Gasteiger partial charge in [0.2, 0.25) is 5.91 Å². The first-order valence-corrected chi connectivity index (χ1v) is 13.8. The summed E-state index contributed by atoms with van der Waals surface area (Å²) in [4.78, 5) is 48.4. The van der Waals surface area contributed by atoms with E-state index < -0.39 is 65.7 Å². The largest absolute Gasteiger partial charge is 0.351 e. The van der Waals surface area contributed by atoms with E-state index in [0.717, 1.165) is 21.9 Å². The molecule has 0 bridgehead atoms. The molecule has 8 nitrogen and oxygen atoms in total. The minimum atomic E-state index is -2.93. The number of pyridine rings is 1. The molecule has 2 aliphatic carbocycles. The molecule has 3 amide bonds. The fourth-order valence-electron chi connectivity index (χ4n) is 6.41. The number of benzene rings is 2. The lowest BCUT2D eigenvalue weighted by atomic mass is 9.83. The van der Waals surface area contributed by atoms with Gasteiger partial charge >= 0.3 is 0 Å². The van der Waals surface area contributed by atoms with Crippen molar-refractivity contribution in [1.29, 1.82) is 5.26 Å². The number of anilines is 2. The molecule has 0 unspecified atom stereocenters. The number of aryl methyl sites for hydroxylation is 1. The Morgan fingerprint density at radius 3 is 2.47 bits per heavy atom. The highest BCUT2D eigenvalue weighted by atomic mass is 19.3. The van der Waals surface area contributed by atoms with E-state index in [2.05, 4.69) is 10.3 Å². The molecule has 1 N–H and O–H groups in total. The van der Waals surface area contributed by atoms with E-state index >= 15 is 0 Å². The van der Waals surface area contributed by atoms with Crippen molar-refractivity contribution in [2.24, 2.45) is 0 Å². The van der Waals surface area contributed by atoms with E-state index in [0.29, 0.717) is 23.6 Å². The summed E-state index contributed by atoms with van der Waals surface area (Å²) >= 11 is 0. The number of hydrogen-bond acceptors (Lipinski definition) is 5. The van der Waals surface area contributed by atoms with Gasteiger partial charge in [0.1, 0.15) is 23.5 Å². The summed E-state index contributed by atoms with van der Waals surface area (Å²) in [5.41, 5.74) is -0.867. The number of fused-ring (bicyclic) bond motifs is 1. The number of nitriles is 1. The van der Waals surface area contributed by atoms with Crippen LogP contribution in [0, 0.1) is 23.0 Å². The molecule has 1 saturated heterocycles. The van der Waals surface area contributed by atoms with Gasteiger partial charge in [-0.2, -0.15) is 5.26 Å². The van der Waals surface area contributed by atoms with E-state index in [1.807, 2.05) is 6.07 Å². The first-order valence-electron chi connectivity index (χ1n) is 13.8. The number of carbonyl (C=O) groups is 3. The molecule has 2 fully saturated rings. The Hall–Kier alpha value is -4.79. The van der Waals surface area contributed by atoms with E-state index in [9.17, 15) is 37.2 Å². The van der Waals surface area contributed by atoms with E-state index in [1.54, 1.807) is 24.3 Å². The normalized spacial score (nSPS) is 22.4. The summed E-state index contributed by atoms with van der Waals surface area (Å²) in [5.74, 6) is -6.95. The van der Waals surface area contributed by atoms with Crippen LogP contribution in [-0.4, -0.2) is 40.7 Å². The Morgan fingerprint density at radius 1 is 1.05 bits per heavy atom. The van der Waals surface area contributed by atoms with Crippen LogP contribution in [-0.2, 0) is 26.3 Å². The highest BCUT2D eigenvalue weighted by molar-refractivity contribution is 6.12. The molecule has 1 aromatic heterocycles. The fraction of sp³-hybridized carbons (Fsp3) is 0.323. The maximum absolute atomic E-state index is 14.7. The second-order valence-corrected chi connectivity index (χ2v) is 11.1. The molecule has 1 aliphatic heterocycles. The summed E-state index contributed by atoms with van der Waals surface area (Å²) in [6, 6.07) is 11.9. The lowest BCUT2D eigenvalue weighted by molar-refractivity contribution is -0.137. The molecule has 3 aromatic rings. The smallest absolute Gasteiger partial charge is 0.252 e. The van der Waals surface area contributed by atoms with Crippen LogP contribution >= 0.6 is 0 Å². The van der Waals surface area contributed by atoms with Gasteiger partial charge in [-0.25, -0.2) is 22.5 Å². The standard InChI is InChI=1S/C31H25F4N5O3/c32-20-12-21(33)14-23(13-20)40(28(42)25-5-6-27(41)39(25)26-11-18(17-36)8-10-37-26)31(9-7-19-3-1-2-4-24(19)31)29(43)38-22-15-30(34,35)16-22/h1-4,8,10-14,22,25H,5-7,9,15-16H2,(H,38,43)/t25-,31+/m0/s1. The Labute approximate surface area is 243 Å². The zero-order valence-electron chi connectivity index (χ0n) is 22.7. The first kappa shape index (κ1) is 28.3. The number of rotatable bonds is 6. The van der Waals surface area contributed by atoms with E-state index in [4.69, 9.17) is 0 Å². The second-order valence-electron chi connectivity index (χ2n) is 11.1. The van der Waals surface area contributed by atoms with Gasteiger partial charge < -0.3 is 5.32 Å². The molecule has 0 spiro atoms. The van der Waals surface area contributed by atoms with Crippen molar-refractivity contribution < 1.29 is 31.9 Å². The predicted octanol–water partition coefficient (Wildman–Crippen LogP) is 4.52. The molecule has 6 rings (SSSR count). The van der Waals surface area contributed by atoms with Crippen molar-refractivity contribution >= 4 is 29.2 Å². The number of hydrogen-bond donors (Lipinski definition) is 1. The number of alkyl halides is 2. The fourth-order valence-corrected chi connectivity index (χ4v) is 6.41. The maximum atomic E-state index is 14.7. The minimum absolute atomic E-state index is 0.00137. The van der Waals surface area contributed by atoms with Gasteiger partial charge in [0, 0.05) is 37.6 Å². The molecule has 2 aromatic carbocycles. The third-order valence-electron chi connectivity index (χ3n) is 8.35. The van der Waals surface area contributed by atoms with Gasteiger partial charge in [0.05, 0.1) is 17.3 Å². The number of nitrogens with one attached hydrogen (secondary N) is 1. The van der Waals surface area contributed by atoms with Crippen molar-refractivity contribution in [3.63, 3.8) is 0 Å². The van der Waals surface area contributed by atoms with E-state index in [-0.39, 0.29) is 36.3 Å². The lowest BCUT2D eigenvalue weighted by Crippen LogP contribution is -2.64. The summed E-state index contributed by atoms with van der Waals surface area (Å²) in [5, 5.41) is 12.0. The molecular weight excluding hydrogens is 566 g/mol. The third kappa shape index (κ3) is 4.88. The molecule has 220 valence electrons. The maximum Gasteiger partial charge on any atom is 0.252 e. The van der Waals surface area contributed by atoms with Gasteiger partial charge in [-0.3, -0.25) is 24.2 Å². The summed E-state index contributed by atoms with van der Waals surface area (Å²) in [7, 11) is 0. The summed E-state index contributed by atoms with van der Waals surface area (Å²) < 4.78 is 56.9. The van der Waals surface area contributed by atoms with Gasteiger partial charge in [0.25, 0.3) is 17.7 Å². The minimum Gasteiger partial charge on any atom is -0.351 e. The van der Waals surface area contributed by atoms with Gasteiger partial charge in [-0.05, 0) is 54.7 Å². The number of amides is 3. The monoisotopic (exact) mass is 591 g/mol. The number of halogens is 4. The third-order valence-corrected chi connectivity index (χ3v) is 8.35. The molecule has 43 heavy (non-hydrogen) atoms. The zero-order valence-corrected chi connectivity index (χ0v) is 22.7. The zero-order chi connectivity index (χ0) is 30.5. The molecule has 12 heteroatoms. The first-order chi connectivity index (χ1) is 20.5. The van der Waals surface area contributed by atoms with Crippen LogP contribution in [0.15, 0.2) is 60.8 Å². The summed E-state index contributed by atoms with van der Waals surface area (Å²) in [6.45, 7) is 0. The van der Waals surface area contributed by atoms with Crippen LogP contribution in [0.5, 0.6) is 0 Å². The molecule has 2 atom stereocenters. The van der Waals surface area contributed by atoms with Crippen molar-refractivity contribution in [2.45, 2.75) is 62.1 Å². The molecule has 3 aliphatic rings. The molecule has 0 radical (unpaired) electrons. The van der Waals surface area contributed by atoms with Gasteiger partial charge in [0.15, 0.2) is 5.54 Å². The highest BCUT2D eigenvalue weighted by Crippen LogP contribution is 2.47. The Kier molecular flexibility index (Phi) is 6.91. The Morgan fingerprint density at radius 2 is 1.77 bits per heavy atom. The number of aromatic nitrogens is 1. The van der Waals surface area contributed by atoms with Crippen molar-refractivity contribution in [2.75, 3.05) is 9.80 Å². The Balaban J connectivity index is 1.51.